The number of halogens is 1. The number of nitro groups is 1. The predicted octanol–water partition coefficient (Wildman–Crippen LogP) is 1.84. The largest absolute Gasteiger partial charge is 0.347 e. The van der Waals surface area contributed by atoms with Crippen LogP contribution in [0.25, 0.3) is 0 Å². The van der Waals surface area contributed by atoms with Crippen molar-refractivity contribution in [2.45, 2.75) is 19.4 Å². The minimum absolute atomic E-state index is 0.0245. The molecule has 0 radical (unpaired) electrons. The molecule has 1 heterocycles. The highest BCUT2D eigenvalue weighted by atomic mass is 79.9. The van der Waals surface area contributed by atoms with Gasteiger partial charge in [-0.1, -0.05) is 22.9 Å². The van der Waals surface area contributed by atoms with Crippen molar-refractivity contribution in [3.8, 4) is 0 Å². The number of aryl methyl sites for hydroxylation is 1. The zero-order valence-corrected chi connectivity index (χ0v) is 11.2. The molecule has 17 heavy (non-hydrogen) atoms. The summed E-state index contributed by atoms with van der Waals surface area (Å²) in [5.41, 5.74) is 0.209. The van der Waals surface area contributed by atoms with Crippen molar-refractivity contribution < 1.29 is 9.72 Å². The van der Waals surface area contributed by atoms with Crippen LogP contribution in [0.1, 0.15) is 23.8 Å². The number of nitrogens with one attached hydrogen (secondary N) is 1. The normalized spacial score (nSPS) is 12.2. The first-order valence-electron chi connectivity index (χ1n) is 5.17. The Morgan fingerprint density at radius 2 is 2.35 bits per heavy atom. The van der Waals surface area contributed by atoms with Crippen molar-refractivity contribution in [3.05, 3.63) is 28.1 Å². The van der Waals surface area contributed by atoms with Crippen LogP contribution in [0, 0.1) is 10.1 Å². The maximum atomic E-state index is 11.9. The van der Waals surface area contributed by atoms with Crippen LogP contribution in [0.4, 0.5) is 5.69 Å². The van der Waals surface area contributed by atoms with Crippen LogP contribution in [0.5, 0.6) is 0 Å². The molecule has 1 rings (SSSR count). The lowest BCUT2D eigenvalue weighted by atomic mass is 10.2. The fraction of sp³-hybridized carbons (Fsp3) is 0.500. The molecule has 94 valence electrons. The van der Waals surface area contributed by atoms with Gasteiger partial charge in [0.25, 0.3) is 11.6 Å². The molecule has 0 aromatic carbocycles. The van der Waals surface area contributed by atoms with E-state index in [0.717, 1.165) is 6.42 Å². The fourth-order valence-corrected chi connectivity index (χ4v) is 2.00. The molecule has 0 saturated heterocycles. The summed E-state index contributed by atoms with van der Waals surface area (Å²) in [5, 5.41) is 14.0. The lowest BCUT2D eigenvalue weighted by Gasteiger charge is -2.13. The van der Waals surface area contributed by atoms with Crippen LogP contribution < -0.4 is 5.32 Å². The molecule has 6 nitrogen and oxygen atoms in total. The molecular formula is C10H14BrN3O3. The van der Waals surface area contributed by atoms with Gasteiger partial charge >= 0.3 is 0 Å². The van der Waals surface area contributed by atoms with Crippen LogP contribution >= 0.6 is 15.9 Å². The Bertz CT molecular complexity index is 426. The fourth-order valence-electron chi connectivity index (χ4n) is 1.38. The van der Waals surface area contributed by atoms with Gasteiger partial charge in [-0.25, -0.2) is 0 Å². The third-order valence-corrected chi connectivity index (χ3v) is 3.23. The molecule has 0 aliphatic heterocycles. The summed E-state index contributed by atoms with van der Waals surface area (Å²) in [4.78, 5) is 21.9. The van der Waals surface area contributed by atoms with Crippen LogP contribution in [0.3, 0.4) is 0 Å². The quantitative estimate of drug-likeness (QED) is 0.512. The van der Waals surface area contributed by atoms with Gasteiger partial charge in [-0.3, -0.25) is 14.9 Å². The van der Waals surface area contributed by atoms with Crippen LogP contribution in [-0.2, 0) is 7.05 Å². The number of hydrogen-bond acceptors (Lipinski definition) is 3. The van der Waals surface area contributed by atoms with E-state index >= 15 is 0 Å². The molecule has 7 heteroatoms. The van der Waals surface area contributed by atoms with Crippen LogP contribution in [0.2, 0.25) is 0 Å². The summed E-state index contributed by atoms with van der Waals surface area (Å²) in [6.07, 6.45) is 2.12. The van der Waals surface area contributed by atoms with E-state index in [1.54, 1.807) is 7.05 Å². The SMILES string of the molecule is CCC(CBr)NC(=O)c1cc([N+](=O)[O-])cn1C. The number of rotatable bonds is 5. The summed E-state index contributed by atoms with van der Waals surface area (Å²) >= 11 is 3.29. The van der Waals surface area contributed by atoms with Crippen molar-refractivity contribution in [3.63, 3.8) is 0 Å². The Morgan fingerprint density at radius 3 is 2.76 bits per heavy atom. The monoisotopic (exact) mass is 303 g/mol. The first kappa shape index (κ1) is 13.7. The number of nitrogens with zero attached hydrogens (tertiary/aromatic N) is 2. The molecule has 0 fully saturated rings. The zero-order chi connectivity index (χ0) is 13.0. The van der Waals surface area contributed by atoms with E-state index < -0.39 is 4.92 Å². The van der Waals surface area contributed by atoms with E-state index in [-0.39, 0.29) is 23.3 Å². The van der Waals surface area contributed by atoms with Crippen molar-refractivity contribution in [1.82, 2.24) is 9.88 Å². The number of carbonyl (C=O) groups is 1. The molecule has 1 aromatic rings. The number of amides is 1. The maximum Gasteiger partial charge on any atom is 0.287 e. The average Bonchev–Trinajstić information content (AvgIpc) is 2.68. The van der Waals surface area contributed by atoms with Crippen molar-refractivity contribution >= 4 is 27.5 Å². The number of aromatic nitrogens is 1. The second-order valence-electron chi connectivity index (χ2n) is 3.68. The van der Waals surface area contributed by atoms with E-state index in [2.05, 4.69) is 21.2 Å². The lowest BCUT2D eigenvalue weighted by molar-refractivity contribution is -0.384. The molecular weight excluding hydrogens is 290 g/mol. The molecule has 0 aliphatic rings. The van der Waals surface area contributed by atoms with Gasteiger partial charge in [-0.05, 0) is 6.42 Å². The molecule has 1 N–H and O–H groups in total. The van der Waals surface area contributed by atoms with Gasteiger partial charge in [0.15, 0.2) is 0 Å². The highest BCUT2D eigenvalue weighted by molar-refractivity contribution is 9.09. The molecule has 0 spiro atoms. The van der Waals surface area contributed by atoms with E-state index in [4.69, 9.17) is 0 Å². The first-order chi connectivity index (χ1) is 7.99. The average molecular weight is 304 g/mol. The second kappa shape index (κ2) is 5.81. The summed E-state index contributed by atoms with van der Waals surface area (Å²) in [6.45, 7) is 1.96. The number of carbonyl (C=O) groups excluding carboxylic acids is 1. The smallest absolute Gasteiger partial charge is 0.287 e. The Labute approximate surface area is 107 Å². The lowest BCUT2D eigenvalue weighted by Crippen LogP contribution is -2.36. The molecule has 0 aliphatic carbocycles. The molecule has 1 atom stereocenters. The topological polar surface area (TPSA) is 77.2 Å². The number of hydrogen-bond donors (Lipinski definition) is 1. The van der Waals surface area contributed by atoms with Gasteiger partial charge < -0.3 is 9.88 Å². The van der Waals surface area contributed by atoms with Gasteiger partial charge in [0.05, 0.1) is 11.1 Å². The minimum atomic E-state index is -0.515. The Kier molecular flexibility index (Phi) is 4.68. The summed E-state index contributed by atoms with van der Waals surface area (Å²) < 4.78 is 1.45. The third-order valence-electron chi connectivity index (χ3n) is 2.45. The van der Waals surface area contributed by atoms with Crippen LogP contribution in [0.15, 0.2) is 12.3 Å². The minimum Gasteiger partial charge on any atom is -0.347 e. The second-order valence-corrected chi connectivity index (χ2v) is 4.33. The number of alkyl halides is 1. The highest BCUT2D eigenvalue weighted by Gasteiger charge is 2.19. The highest BCUT2D eigenvalue weighted by Crippen LogP contribution is 2.15. The van der Waals surface area contributed by atoms with Crippen molar-refractivity contribution in [1.29, 1.82) is 0 Å². The molecule has 1 aromatic heterocycles. The summed E-state index contributed by atoms with van der Waals surface area (Å²) in [6, 6.07) is 1.30. The molecule has 1 unspecified atom stereocenters. The third kappa shape index (κ3) is 3.29. The molecule has 0 saturated carbocycles. The Morgan fingerprint density at radius 1 is 1.71 bits per heavy atom. The van der Waals surface area contributed by atoms with E-state index in [0.29, 0.717) is 5.33 Å². The van der Waals surface area contributed by atoms with E-state index in [1.165, 1.54) is 16.8 Å². The molecule has 1 amide bonds. The van der Waals surface area contributed by atoms with Gasteiger partial charge in [0.1, 0.15) is 5.69 Å². The summed E-state index contributed by atoms with van der Waals surface area (Å²) in [5.74, 6) is -0.299. The Balaban J connectivity index is 2.85. The first-order valence-corrected chi connectivity index (χ1v) is 6.29. The van der Waals surface area contributed by atoms with Gasteiger partial charge in [-0.2, -0.15) is 0 Å². The van der Waals surface area contributed by atoms with Gasteiger partial charge in [0.2, 0.25) is 0 Å². The van der Waals surface area contributed by atoms with E-state index in [9.17, 15) is 14.9 Å². The van der Waals surface area contributed by atoms with E-state index in [1.807, 2.05) is 6.92 Å². The van der Waals surface area contributed by atoms with Crippen molar-refractivity contribution in [2.24, 2.45) is 7.05 Å². The van der Waals surface area contributed by atoms with Gasteiger partial charge in [0, 0.05) is 24.5 Å². The standard InChI is InChI=1S/C10H14BrN3O3/c1-3-7(5-11)12-10(15)9-4-8(14(16)17)6-13(9)2/h4,6-7H,3,5H2,1-2H3,(H,12,15). The Hall–Kier alpha value is -1.37. The van der Waals surface area contributed by atoms with Gasteiger partial charge in [-0.15, -0.1) is 0 Å². The molecule has 0 bridgehead atoms. The van der Waals surface area contributed by atoms with Crippen molar-refractivity contribution in [2.75, 3.05) is 5.33 Å². The summed E-state index contributed by atoms with van der Waals surface area (Å²) in [7, 11) is 1.61. The predicted molar refractivity (Wildman–Crippen MR) is 67.4 cm³/mol. The maximum absolute atomic E-state index is 11.9. The van der Waals surface area contributed by atoms with Crippen LogP contribution in [-0.4, -0.2) is 26.8 Å². The zero-order valence-electron chi connectivity index (χ0n) is 9.64.